The second kappa shape index (κ2) is 7.79. The molecule has 1 aromatic heterocycles. The number of aromatic nitrogens is 3. The van der Waals surface area contributed by atoms with Gasteiger partial charge in [-0.1, -0.05) is 53.7 Å². The van der Waals surface area contributed by atoms with Crippen LogP contribution in [0.25, 0.3) is 0 Å². The molecule has 0 saturated carbocycles. The lowest BCUT2D eigenvalue weighted by atomic mass is 10.2. The highest BCUT2D eigenvalue weighted by Gasteiger charge is 2.08. The number of hydrogen-bond donors (Lipinski definition) is 0. The van der Waals surface area contributed by atoms with Gasteiger partial charge >= 0.3 is 0 Å². The van der Waals surface area contributed by atoms with Crippen LogP contribution < -0.4 is 5.11 Å². The lowest BCUT2D eigenvalue weighted by Gasteiger charge is -2.06. The maximum Gasteiger partial charge on any atom is 0.262 e. The highest BCUT2D eigenvalue weighted by Crippen LogP contribution is 2.23. The molecule has 132 valence electrons. The maximum absolute atomic E-state index is 11.4. The summed E-state index contributed by atoms with van der Waals surface area (Å²) in [5.74, 6) is 0.0796. The van der Waals surface area contributed by atoms with Gasteiger partial charge in [0, 0.05) is 17.4 Å². The molecule has 0 aliphatic rings. The normalized spacial score (nSPS) is 11.1. The van der Waals surface area contributed by atoms with Gasteiger partial charge in [-0.15, -0.1) is 10.2 Å². The first kappa shape index (κ1) is 17.6. The van der Waals surface area contributed by atoms with Crippen molar-refractivity contribution in [3.05, 3.63) is 75.6 Å². The Bertz CT molecular complexity index is 953. The molecule has 0 spiro atoms. The van der Waals surface area contributed by atoms with Crippen molar-refractivity contribution < 1.29 is 10.0 Å². The number of rotatable bonds is 6. The minimum Gasteiger partial charge on any atom is -0.868 e. The van der Waals surface area contributed by atoms with E-state index in [0.29, 0.717) is 16.5 Å². The van der Waals surface area contributed by atoms with Crippen molar-refractivity contribution in [2.75, 3.05) is 0 Å². The molecule has 0 N–H and O–H groups in total. The van der Waals surface area contributed by atoms with Crippen LogP contribution in [0.4, 0.5) is 5.69 Å². The fraction of sp³-hybridized carbons (Fsp3) is 0.118. The van der Waals surface area contributed by atoms with E-state index in [1.54, 1.807) is 0 Å². The topological polar surface area (TPSA) is 109 Å². The molecule has 0 atom stereocenters. The fourth-order valence-electron chi connectivity index (χ4n) is 2.11. The Hall–Kier alpha value is -3.20. The number of thioether (sulfide) groups is 1. The van der Waals surface area contributed by atoms with E-state index in [4.69, 9.17) is 0 Å². The molecule has 1 heterocycles. The first-order chi connectivity index (χ1) is 12.5. The highest BCUT2D eigenvalue weighted by molar-refractivity contribution is 7.98. The van der Waals surface area contributed by atoms with Crippen LogP contribution in [0.15, 0.2) is 59.0 Å². The lowest BCUT2D eigenvalue weighted by Crippen LogP contribution is -1.99. The van der Waals surface area contributed by atoms with E-state index in [9.17, 15) is 15.2 Å². The third kappa shape index (κ3) is 4.25. The monoisotopic (exact) mass is 368 g/mol. The Morgan fingerprint density at radius 2 is 2.04 bits per heavy atom. The molecule has 3 aromatic rings. The Kier molecular flexibility index (Phi) is 5.28. The first-order valence-corrected chi connectivity index (χ1v) is 8.59. The van der Waals surface area contributed by atoms with Crippen LogP contribution in [-0.4, -0.2) is 26.0 Å². The van der Waals surface area contributed by atoms with Crippen molar-refractivity contribution in [3.63, 3.8) is 0 Å². The van der Waals surface area contributed by atoms with Gasteiger partial charge in [0.05, 0.1) is 11.1 Å². The quantitative estimate of drug-likeness (QED) is 0.286. The van der Waals surface area contributed by atoms with E-state index in [1.807, 2.05) is 19.1 Å². The Labute approximate surface area is 153 Å². The van der Waals surface area contributed by atoms with Crippen LogP contribution in [0.1, 0.15) is 16.7 Å². The molecule has 0 amide bonds. The number of hydrogen-bond acceptors (Lipinski definition) is 7. The number of aryl methyl sites for hydroxylation is 1. The van der Waals surface area contributed by atoms with Crippen LogP contribution in [0.3, 0.4) is 0 Å². The zero-order chi connectivity index (χ0) is 18.5. The van der Waals surface area contributed by atoms with Gasteiger partial charge < -0.3 is 5.11 Å². The average Bonchev–Trinajstić information content (AvgIpc) is 3.08. The molecule has 9 heteroatoms. The number of nitro benzene ring substituents is 1. The largest absolute Gasteiger partial charge is 0.868 e. The van der Waals surface area contributed by atoms with E-state index in [2.05, 4.69) is 27.4 Å². The summed E-state index contributed by atoms with van der Waals surface area (Å²) in [5, 5.41) is 34.9. The zero-order valence-electron chi connectivity index (χ0n) is 13.8. The summed E-state index contributed by atoms with van der Waals surface area (Å²) < 4.78 is 1.48. The van der Waals surface area contributed by atoms with Crippen LogP contribution in [0, 0.1) is 17.0 Å². The number of benzene rings is 2. The van der Waals surface area contributed by atoms with Crippen molar-refractivity contribution in [1.29, 1.82) is 0 Å². The van der Waals surface area contributed by atoms with E-state index < -0.39 is 16.4 Å². The predicted molar refractivity (Wildman–Crippen MR) is 96.3 cm³/mol. The van der Waals surface area contributed by atoms with Crippen molar-refractivity contribution in [1.82, 2.24) is 14.9 Å². The molecule has 0 aliphatic heterocycles. The number of nitro groups is 1. The number of nitrogens with zero attached hydrogens (tertiary/aromatic N) is 5. The summed E-state index contributed by atoms with van der Waals surface area (Å²) in [7, 11) is 0. The third-order valence-corrected chi connectivity index (χ3v) is 4.50. The van der Waals surface area contributed by atoms with Crippen LogP contribution in [-0.2, 0) is 5.75 Å². The van der Waals surface area contributed by atoms with Crippen LogP contribution >= 0.6 is 11.8 Å². The summed E-state index contributed by atoms with van der Waals surface area (Å²) in [6.45, 7) is 2.03. The summed E-state index contributed by atoms with van der Waals surface area (Å²) >= 11 is 1.48. The highest BCUT2D eigenvalue weighted by atomic mass is 32.2. The Balaban J connectivity index is 1.72. The molecule has 0 bridgehead atoms. The van der Waals surface area contributed by atoms with E-state index in [0.717, 1.165) is 11.6 Å². The van der Waals surface area contributed by atoms with Crippen molar-refractivity contribution >= 4 is 23.7 Å². The van der Waals surface area contributed by atoms with Gasteiger partial charge in [0.2, 0.25) is 5.16 Å². The SMILES string of the molecule is Cc1ccc(CSc2nncn2/N=C\c2ccc([O-])c([N+](=O)[O-])c2)cc1. The van der Waals surface area contributed by atoms with Gasteiger partial charge in [0.15, 0.2) is 0 Å². The van der Waals surface area contributed by atoms with E-state index >= 15 is 0 Å². The smallest absolute Gasteiger partial charge is 0.262 e. The Morgan fingerprint density at radius 3 is 2.77 bits per heavy atom. The van der Waals surface area contributed by atoms with E-state index in [1.165, 1.54) is 46.7 Å². The molecule has 0 saturated heterocycles. The molecular weight excluding hydrogens is 354 g/mol. The van der Waals surface area contributed by atoms with Gasteiger partial charge in [0.1, 0.15) is 6.33 Å². The van der Waals surface area contributed by atoms with Crippen molar-refractivity contribution in [2.24, 2.45) is 5.10 Å². The van der Waals surface area contributed by atoms with Gasteiger partial charge in [0.25, 0.3) is 5.69 Å². The second-order valence-electron chi connectivity index (χ2n) is 5.46. The minimum atomic E-state index is -0.707. The molecule has 26 heavy (non-hydrogen) atoms. The molecule has 8 nitrogen and oxygen atoms in total. The van der Waals surface area contributed by atoms with Gasteiger partial charge in [-0.25, -0.2) is 0 Å². The van der Waals surface area contributed by atoms with Crippen molar-refractivity contribution in [3.8, 4) is 5.75 Å². The van der Waals surface area contributed by atoms with Gasteiger partial charge in [-0.3, -0.25) is 10.1 Å². The molecule has 2 aromatic carbocycles. The lowest BCUT2D eigenvalue weighted by molar-refractivity contribution is -0.398. The molecule has 0 fully saturated rings. The summed E-state index contributed by atoms with van der Waals surface area (Å²) in [6.07, 6.45) is 2.87. The van der Waals surface area contributed by atoms with Gasteiger partial charge in [-0.2, -0.15) is 9.78 Å². The van der Waals surface area contributed by atoms with E-state index in [-0.39, 0.29) is 0 Å². The molecule has 0 radical (unpaired) electrons. The molecule has 3 rings (SSSR count). The predicted octanol–water partition coefficient (Wildman–Crippen LogP) is 2.74. The fourth-order valence-corrected chi connectivity index (χ4v) is 2.93. The molecule has 0 unspecified atom stereocenters. The van der Waals surface area contributed by atoms with Crippen LogP contribution in [0.5, 0.6) is 5.75 Å². The van der Waals surface area contributed by atoms with Gasteiger partial charge in [-0.05, 0) is 18.2 Å². The molecule has 0 aliphatic carbocycles. The minimum absolute atomic E-state index is 0.444. The van der Waals surface area contributed by atoms with Crippen LogP contribution in [0.2, 0.25) is 0 Å². The standard InChI is InChI=1S/C17H15N5O3S/c1-12-2-4-13(5-3-12)10-26-17-20-18-11-21(17)19-9-14-6-7-16(23)15(8-14)22(24)25/h2-9,11,23H,10H2,1H3/p-1/b19-9-. The summed E-state index contributed by atoms with van der Waals surface area (Å²) in [5.41, 5.74) is 2.32. The third-order valence-electron chi connectivity index (χ3n) is 3.50. The zero-order valence-corrected chi connectivity index (χ0v) is 14.6. The average molecular weight is 368 g/mol. The first-order valence-electron chi connectivity index (χ1n) is 7.61. The van der Waals surface area contributed by atoms with Crippen molar-refractivity contribution in [2.45, 2.75) is 17.8 Å². The molecular formula is C17H14N5O3S-. The summed E-state index contributed by atoms with van der Waals surface area (Å²) in [4.78, 5) is 10.1. The second-order valence-corrected chi connectivity index (χ2v) is 6.40. The maximum atomic E-state index is 11.4. The Morgan fingerprint density at radius 1 is 1.27 bits per heavy atom. The summed E-state index contributed by atoms with van der Waals surface area (Å²) in [6, 6.07) is 12.0.